The van der Waals surface area contributed by atoms with E-state index >= 15 is 0 Å². The van der Waals surface area contributed by atoms with Crippen molar-refractivity contribution in [3.05, 3.63) is 62.9 Å². The van der Waals surface area contributed by atoms with Gasteiger partial charge in [0.15, 0.2) is 0 Å². The van der Waals surface area contributed by atoms with Gasteiger partial charge in [0.05, 0.1) is 5.56 Å². The molecule has 2 atom stereocenters. The maximum atomic E-state index is 12.6. The summed E-state index contributed by atoms with van der Waals surface area (Å²) in [5.74, 6) is -0.0296. The molecule has 1 amide bonds. The van der Waals surface area contributed by atoms with Gasteiger partial charge in [0.2, 0.25) is 0 Å². The summed E-state index contributed by atoms with van der Waals surface area (Å²) in [6, 6.07) is 8.95. The van der Waals surface area contributed by atoms with Crippen LogP contribution in [0.1, 0.15) is 47.5 Å². The van der Waals surface area contributed by atoms with Crippen molar-refractivity contribution >= 4 is 40.7 Å². The number of halogens is 3. The van der Waals surface area contributed by atoms with E-state index in [9.17, 15) is 4.79 Å². The molecule has 0 radical (unpaired) electrons. The zero-order valence-electron chi connectivity index (χ0n) is 12.9. The highest BCUT2D eigenvalue weighted by atomic mass is 35.5. The van der Waals surface area contributed by atoms with Crippen molar-refractivity contribution in [3.8, 4) is 0 Å². The van der Waals surface area contributed by atoms with E-state index in [1.807, 2.05) is 12.1 Å². The second kappa shape index (κ2) is 7.73. The number of nitrogens with one attached hydrogen (secondary N) is 1. The normalized spacial score (nSPS) is 20.6. The van der Waals surface area contributed by atoms with Crippen LogP contribution in [-0.2, 0) is 0 Å². The first-order valence-corrected chi connectivity index (χ1v) is 9.06. The van der Waals surface area contributed by atoms with E-state index in [1.165, 1.54) is 0 Å². The number of pyridine rings is 1. The quantitative estimate of drug-likeness (QED) is 0.711. The lowest BCUT2D eigenvalue weighted by Crippen LogP contribution is -2.41. The van der Waals surface area contributed by atoms with E-state index in [2.05, 4.69) is 10.3 Å². The van der Waals surface area contributed by atoms with E-state index in [0.717, 1.165) is 31.2 Å². The zero-order chi connectivity index (χ0) is 17.1. The standard InChI is InChI=1S/C18H17Cl3N2O/c19-11-7-8-12(15(20)10-11)13-4-1-2-6-16(13)23-18(24)14-5-3-9-22-17(14)21/h3,5,7-10,13,16H,1-2,4,6H2,(H,23,24)/t13-,16+/m1/s1. The number of nitrogens with zero attached hydrogens (tertiary/aromatic N) is 1. The van der Waals surface area contributed by atoms with Crippen LogP contribution in [0.15, 0.2) is 36.5 Å². The van der Waals surface area contributed by atoms with Crippen LogP contribution in [0.2, 0.25) is 15.2 Å². The molecule has 0 unspecified atom stereocenters. The monoisotopic (exact) mass is 382 g/mol. The van der Waals surface area contributed by atoms with Gasteiger partial charge in [-0.3, -0.25) is 4.79 Å². The van der Waals surface area contributed by atoms with Crippen LogP contribution < -0.4 is 5.32 Å². The van der Waals surface area contributed by atoms with Crippen LogP contribution in [0, 0.1) is 0 Å². The van der Waals surface area contributed by atoms with Gasteiger partial charge in [0.1, 0.15) is 5.15 Å². The van der Waals surface area contributed by atoms with Crippen LogP contribution in [0.5, 0.6) is 0 Å². The maximum absolute atomic E-state index is 12.6. The number of benzene rings is 1. The zero-order valence-corrected chi connectivity index (χ0v) is 15.2. The molecule has 1 heterocycles. The third-order valence-corrected chi connectivity index (χ3v) is 5.31. The molecule has 1 aliphatic carbocycles. The Balaban J connectivity index is 1.82. The molecular formula is C18H17Cl3N2O. The highest BCUT2D eigenvalue weighted by Crippen LogP contribution is 2.37. The second-order valence-corrected chi connectivity index (χ2v) is 7.18. The van der Waals surface area contributed by atoms with Crippen molar-refractivity contribution in [2.45, 2.75) is 37.6 Å². The third kappa shape index (κ3) is 3.85. The Morgan fingerprint density at radius 2 is 1.92 bits per heavy atom. The predicted molar refractivity (Wildman–Crippen MR) is 98.2 cm³/mol. The largest absolute Gasteiger partial charge is 0.349 e. The van der Waals surface area contributed by atoms with Gasteiger partial charge < -0.3 is 5.32 Å². The minimum Gasteiger partial charge on any atom is -0.349 e. The molecule has 3 nitrogen and oxygen atoms in total. The summed E-state index contributed by atoms with van der Waals surface area (Å²) in [5, 5.41) is 4.59. The molecule has 126 valence electrons. The summed E-state index contributed by atoms with van der Waals surface area (Å²) in [6.07, 6.45) is 5.65. The summed E-state index contributed by atoms with van der Waals surface area (Å²) in [4.78, 5) is 16.5. The minimum atomic E-state index is -0.199. The Hall–Kier alpha value is -1.29. The Morgan fingerprint density at radius 3 is 2.67 bits per heavy atom. The molecule has 1 fully saturated rings. The SMILES string of the molecule is O=C(N[C@H]1CCCC[C@@H]1c1ccc(Cl)cc1Cl)c1cccnc1Cl. The van der Waals surface area contributed by atoms with Crippen LogP contribution in [0.4, 0.5) is 0 Å². The molecule has 1 N–H and O–H groups in total. The number of carbonyl (C=O) groups excluding carboxylic acids is 1. The first-order valence-electron chi connectivity index (χ1n) is 7.92. The molecule has 1 saturated carbocycles. The number of rotatable bonds is 3. The van der Waals surface area contributed by atoms with Crippen LogP contribution in [0.3, 0.4) is 0 Å². The Labute approximate surface area is 156 Å². The first-order chi connectivity index (χ1) is 11.6. The van der Waals surface area contributed by atoms with Gasteiger partial charge in [-0.15, -0.1) is 0 Å². The lowest BCUT2D eigenvalue weighted by Gasteiger charge is -2.33. The van der Waals surface area contributed by atoms with Crippen molar-refractivity contribution in [2.24, 2.45) is 0 Å². The number of amides is 1. The van der Waals surface area contributed by atoms with Crippen LogP contribution >= 0.6 is 34.8 Å². The molecule has 6 heteroatoms. The van der Waals surface area contributed by atoms with E-state index in [1.54, 1.807) is 24.4 Å². The van der Waals surface area contributed by atoms with Crippen molar-refractivity contribution in [3.63, 3.8) is 0 Å². The van der Waals surface area contributed by atoms with E-state index in [0.29, 0.717) is 15.6 Å². The van der Waals surface area contributed by atoms with E-state index in [-0.39, 0.29) is 23.0 Å². The van der Waals surface area contributed by atoms with Gasteiger partial charge in [0, 0.05) is 28.2 Å². The van der Waals surface area contributed by atoms with Crippen molar-refractivity contribution < 1.29 is 4.79 Å². The van der Waals surface area contributed by atoms with Gasteiger partial charge in [-0.05, 0) is 42.7 Å². The van der Waals surface area contributed by atoms with Gasteiger partial charge in [-0.25, -0.2) is 4.98 Å². The van der Waals surface area contributed by atoms with Crippen LogP contribution in [-0.4, -0.2) is 16.9 Å². The Kier molecular flexibility index (Phi) is 5.65. The number of carbonyl (C=O) groups is 1. The van der Waals surface area contributed by atoms with Gasteiger partial charge in [-0.2, -0.15) is 0 Å². The molecule has 24 heavy (non-hydrogen) atoms. The smallest absolute Gasteiger partial charge is 0.254 e. The van der Waals surface area contributed by atoms with Crippen LogP contribution in [0.25, 0.3) is 0 Å². The molecule has 3 rings (SSSR count). The number of hydrogen-bond acceptors (Lipinski definition) is 2. The Morgan fingerprint density at radius 1 is 1.12 bits per heavy atom. The lowest BCUT2D eigenvalue weighted by molar-refractivity contribution is 0.0920. The fourth-order valence-corrected chi connectivity index (χ4v) is 4.03. The summed E-state index contributed by atoms with van der Waals surface area (Å²) >= 11 is 18.4. The molecule has 0 spiro atoms. The van der Waals surface area contributed by atoms with Gasteiger partial charge in [-0.1, -0.05) is 53.7 Å². The maximum Gasteiger partial charge on any atom is 0.254 e. The van der Waals surface area contributed by atoms with Gasteiger partial charge in [0.25, 0.3) is 5.91 Å². The third-order valence-electron chi connectivity index (χ3n) is 4.45. The molecule has 2 aromatic rings. The molecule has 0 aliphatic heterocycles. The summed E-state index contributed by atoms with van der Waals surface area (Å²) < 4.78 is 0. The summed E-state index contributed by atoms with van der Waals surface area (Å²) in [7, 11) is 0. The Bertz CT molecular complexity index is 751. The van der Waals surface area contributed by atoms with Crippen molar-refractivity contribution in [2.75, 3.05) is 0 Å². The van der Waals surface area contributed by atoms with Crippen molar-refractivity contribution in [1.29, 1.82) is 0 Å². The summed E-state index contributed by atoms with van der Waals surface area (Å²) in [6.45, 7) is 0. The molecule has 0 bridgehead atoms. The number of hydrogen-bond donors (Lipinski definition) is 1. The molecule has 0 saturated heterocycles. The molecule has 1 aromatic carbocycles. The highest BCUT2D eigenvalue weighted by Gasteiger charge is 2.30. The summed E-state index contributed by atoms with van der Waals surface area (Å²) in [5.41, 5.74) is 1.43. The molecule has 1 aromatic heterocycles. The van der Waals surface area contributed by atoms with Crippen molar-refractivity contribution in [1.82, 2.24) is 10.3 Å². The lowest BCUT2D eigenvalue weighted by atomic mass is 9.80. The van der Waals surface area contributed by atoms with Gasteiger partial charge >= 0.3 is 0 Å². The van der Waals surface area contributed by atoms with E-state index < -0.39 is 0 Å². The fourth-order valence-electron chi connectivity index (χ4n) is 3.28. The topological polar surface area (TPSA) is 42.0 Å². The highest BCUT2D eigenvalue weighted by molar-refractivity contribution is 6.35. The minimum absolute atomic E-state index is 0.0150. The van der Waals surface area contributed by atoms with E-state index in [4.69, 9.17) is 34.8 Å². The number of aromatic nitrogens is 1. The average Bonchev–Trinajstić information content (AvgIpc) is 2.56. The average molecular weight is 384 g/mol. The fraction of sp³-hybridized carbons (Fsp3) is 0.333. The molecular weight excluding hydrogens is 367 g/mol. The predicted octanol–water partition coefficient (Wildman–Crippen LogP) is 5.50. The first kappa shape index (κ1) is 17.5. The molecule has 1 aliphatic rings. The second-order valence-electron chi connectivity index (χ2n) is 5.98.